The van der Waals surface area contributed by atoms with Crippen LogP contribution in [-0.4, -0.2) is 15.0 Å². The third kappa shape index (κ3) is 4.35. The molecule has 0 aliphatic carbocycles. The van der Waals surface area contributed by atoms with Gasteiger partial charge in [-0.05, 0) is 55.0 Å². The van der Waals surface area contributed by atoms with Crippen molar-refractivity contribution in [2.45, 2.75) is 19.7 Å². The van der Waals surface area contributed by atoms with Crippen LogP contribution in [-0.2, 0) is 12.8 Å². The van der Waals surface area contributed by atoms with E-state index >= 15 is 0 Å². The molecule has 0 spiro atoms. The predicted molar refractivity (Wildman–Crippen MR) is 108 cm³/mol. The van der Waals surface area contributed by atoms with Crippen molar-refractivity contribution in [3.05, 3.63) is 89.9 Å². The summed E-state index contributed by atoms with van der Waals surface area (Å²) in [6, 6.07) is 16.3. The summed E-state index contributed by atoms with van der Waals surface area (Å²) in [5.74, 6) is 1.26. The first-order valence-corrected chi connectivity index (χ1v) is 9.27. The second-order valence-electron chi connectivity index (χ2n) is 6.80. The molecule has 4 aromatic rings. The van der Waals surface area contributed by atoms with Gasteiger partial charge in [0.1, 0.15) is 18.2 Å². The van der Waals surface area contributed by atoms with E-state index in [1.54, 1.807) is 12.4 Å². The van der Waals surface area contributed by atoms with Crippen molar-refractivity contribution in [3.8, 4) is 28.4 Å². The van der Waals surface area contributed by atoms with Crippen LogP contribution < -0.4 is 4.74 Å². The minimum absolute atomic E-state index is 0.376. The van der Waals surface area contributed by atoms with Gasteiger partial charge in [0, 0.05) is 23.5 Å². The van der Waals surface area contributed by atoms with E-state index in [1.165, 1.54) is 12.1 Å². The van der Waals surface area contributed by atoms with E-state index in [2.05, 4.69) is 15.0 Å². The molecule has 7 heteroatoms. The highest BCUT2D eigenvalue weighted by Crippen LogP contribution is 2.31. The molecule has 0 amide bonds. The monoisotopic (exact) mass is 409 g/mol. The summed E-state index contributed by atoms with van der Waals surface area (Å²) >= 11 is 0. The highest BCUT2D eigenvalue weighted by molar-refractivity contribution is 5.66. The van der Waals surface area contributed by atoms with Gasteiger partial charge < -0.3 is 9.72 Å². The van der Waals surface area contributed by atoms with Crippen LogP contribution in [0.5, 0.6) is 5.75 Å². The maximum atomic E-state index is 12.7. The molecule has 0 aliphatic heterocycles. The van der Waals surface area contributed by atoms with Gasteiger partial charge in [0.25, 0.3) is 0 Å². The Labute approximate surface area is 171 Å². The zero-order valence-electron chi connectivity index (χ0n) is 16.1. The summed E-state index contributed by atoms with van der Waals surface area (Å²) in [5.41, 5.74) is 3.27. The summed E-state index contributed by atoms with van der Waals surface area (Å²) in [5, 5.41) is 0. The minimum atomic E-state index is -4.36. The predicted octanol–water partition coefficient (Wildman–Crippen LogP) is 6.04. The molecule has 152 valence electrons. The van der Waals surface area contributed by atoms with Gasteiger partial charge in [-0.2, -0.15) is 13.2 Å². The molecular formula is C23H18F3N3O. The summed E-state index contributed by atoms with van der Waals surface area (Å²) in [4.78, 5) is 11.8. The number of alkyl halides is 3. The highest BCUT2D eigenvalue weighted by Gasteiger charge is 2.30. The van der Waals surface area contributed by atoms with Gasteiger partial charge in [-0.1, -0.05) is 18.2 Å². The molecule has 4 nitrogen and oxygen atoms in total. The normalized spacial score (nSPS) is 11.5. The number of aromatic amines is 1. The standard InChI is InChI=1S/C23H18F3N3O/c1-15-12-17(7-10-21(15)30-14-19-4-2-3-11-27-19)20-13-28-22(29-20)16-5-8-18(9-6-16)23(24,25)26/h2-13H,14H2,1H3,(H,28,29). The quantitative estimate of drug-likeness (QED) is 0.437. The molecule has 0 bridgehead atoms. The maximum absolute atomic E-state index is 12.7. The van der Waals surface area contributed by atoms with Gasteiger partial charge in [-0.15, -0.1) is 0 Å². The van der Waals surface area contributed by atoms with Gasteiger partial charge in [0.15, 0.2) is 0 Å². The third-order valence-electron chi connectivity index (χ3n) is 4.64. The second kappa shape index (κ2) is 8.02. The minimum Gasteiger partial charge on any atom is -0.487 e. The fourth-order valence-corrected chi connectivity index (χ4v) is 3.04. The molecule has 30 heavy (non-hydrogen) atoms. The molecule has 4 rings (SSSR count). The van der Waals surface area contributed by atoms with E-state index in [1.807, 2.05) is 43.3 Å². The third-order valence-corrected chi connectivity index (χ3v) is 4.64. The lowest BCUT2D eigenvalue weighted by Crippen LogP contribution is -2.04. The van der Waals surface area contributed by atoms with Crippen molar-refractivity contribution in [2.75, 3.05) is 0 Å². The number of H-pyrrole nitrogens is 1. The lowest BCUT2D eigenvalue weighted by molar-refractivity contribution is -0.137. The van der Waals surface area contributed by atoms with Crippen molar-refractivity contribution in [3.63, 3.8) is 0 Å². The van der Waals surface area contributed by atoms with Crippen molar-refractivity contribution in [1.29, 1.82) is 0 Å². The SMILES string of the molecule is Cc1cc(-c2c[nH]c(-c3ccc(C(F)(F)F)cc3)n2)ccc1OCc1ccccn1. The van der Waals surface area contributed by atoms with Gasteiger partial charge in [-0.25, -0.2) is 4.98 Å². The first-order chi connectivity index (χ1) is 14.4. The molecule has 2 aromatic heterocycles. The number of benzene rings is 2. The van der Waals surface area contributed by atoms with Crippen LogP contribution in [0.4, 0.5) is 13.2 Å². The van der Waals surface area contributed by atoms with Crippen molar-refractivity contribution in [1.82, 2.24) is 15.0 Å². The number of hydrogen-bond acceptors (Lipinski definition) is 3. The Kier molecular flexibility index (Phi) is 5.27. The van der Waals surface area contributed by atoms with E-state index < -0.39 is 11.7 Å². The average Bonchev–Trinajstić information content (AvgIpc) is 3.23. The molecule has 2 aromatic carbocycles. The number of hydrogen-bond donors (Lipinski definition) is 1. The van der Waals surface area contributed by atoms with Crippen LogP contribution in [0, 0.1) is 6.92 Å². The Balaban J connectivity index is 1.50. The van der Waals surface area contributed by atoms with Gasteiger partial charge in [-0.3, -0.25) is 4.98 Å². The van der Waals surface area contributed by atoms with Gasteiger partial charge in [0.2, 0.25) is 0 Å². The van der Waals surface area contributed by atoms with Crippen LogP contribution >= 0.6 is 0 Å². The average molecular weight is 409 g/mol. The largest absolute Gasteiger partial charge is 0.487 e. The second-order valence-corrected chi connectivity index (χ2v) is 6.80. The van der Waals surface area contributed by atoms with Crippen LogP contribution in [0.1, 0.15) is 16.8 Å². The molecule has 2 heterocycles. The molecule has 0 saturated carbocycles. The number of aryl methyl sites for hydroxylation is 1. The number of imidazole rings is 1. The van der Waals surface area contributed by atoms with Crippen LogP contribution in [0.2, 0.25) is 0 Å². The smallest absolute Gasteiger partial charge is 0.416 e. The molecule has 0 atom stereocenters. The summed E-state index contributed by atoms with van der Waals surface area (Å²) in [6.45, 7) is 2.32. The molecule has 0 saturated heterocycles. The number of aromatic nitrogens is 3. The van der Waals surface area contributed by atoms with Crippen LogP contribution in [0.25, 0.3) is 22.6 Å². The lowest BCUT2D eigenvalue weighted by Gasteiger charge is -2.10. The fourth-order valence-electron chi connectivity index (χ4n) is 3.04. The van der Waals surface area contributed by atoms with E-state index in [9.17, 15) is 13.2 Å². The van der Waals surface area contributed by atoms with Gasteiger partial charge in [0.05, 0.1) is 17.0 Å². The summed E-state index contributed by atoms with van der Waals surface area (Å²) in [7, 11) is 0. The number of nitrogens with zero attached hydrogens (tertiary/aromatic N) is 2. The maximum Gasteiger partial charge on any atom is 0.416 e. The first kappa shape index (κ1) is 19.7. The topological polar surface area (TPSA) is 50.8 Å². The van der Waals surface area contributed by atoms with E-state index in [-0.39, 0.29) is 0 Å². The van der Waals surface area contributed by atoms with Crippen molar-refractivity contribution >= 4 is 0 Å². The number of ether oxygens (including phenoxy) is 1. The number of pyridine rings is 1. The molecule has 0 radical (unpaired) electrons. The Morgan fingerprint density at radius 3 is 2.40 bits per heavy atom. The number of nitrogens with one attached hydrogen (secondary N) is 1. The van der Waals surface area contributed by atoms with Crippen LogP contribution in [0.15, 0.2) is 73.1 Å². The van der Waals surface area contributed by atoms with Gasteiger partial charge >= 0.3 is 6.18 Å². The molecule has 0 fully saturated rings. The van der Waals surface area contributed by atoms with E-state index in [0.29, 0.717) is 23.7 Å². The number of rotatable bonds is 5. The van der Waals surface area contributed by atoms with E-state index in [4.69, 9.17) is 4.74 Å². The first-order valence-electron chi connectivity index (χ1n) is 9.27. The summed E-state index contributed by atoms with van der Waals surface area (Å²) in [6.07, 6.45) is -0.901. The highest BCUT2D eigenvalue weighted by atomic mass is 19.4. The fraction of sp³-hybridized carbons (Fsp3) is 0.130. The molecular weight excluding hydrogens is 391 g/mol. The number of halogens is 3. The van der Waals surface area contributed by atoms with Crippen molar-refractivity contribution in [2.24, 2.45) is 0 Å². The molecule has 1 N–H and O–H groups in total. The Hall–Kier alpha value is -3.61. The summed E-state index contributed by atoms with van der Waals surface area (Å²) < 4.78 is 44.0. The molecule has 0 unspecified atom stereocenters. The van der Waals surface area contributed by atoms with Crippen LogP contribution in [0.3, 0.4) is 0 Å². The molecule has 0 aliphatic rings. The zero-order chi connectivity index (χ0) is 21.1. The Bertz CT molecular complexity index is 1140. The van der Waals surface area contributed by atoms with Crippen molar-refractivity contribution < 1.29 is 17.9 Å². The Morgan fingerprint density at radius 1 is 0.967 bits per heavy atom. The van der Waals surface area contributed by atoms with E-state index in [0.717, 1.165) is 34.7 Å². The Morgan fingerprint density at radius 2 is 1.73 bits per heavy atom. The zero-order valence-corrected chi connectivity index (χ0v) is 16.1. The lowest BCUT2D eigenvalue weighted by atomic mass is 10.1.